The fourth-order valence-electron chi connectivity index (χ4n) is 0.947. The number of hydrogen-bond donors (Lipinski definition) is 1. The second-order valence-electron chi connectivity index (χ2n) is 2.58. The predicted molar refractivity (Wildman–Crippen MR) is 59.6 cm³/mol. The third kappa shape index (κ3) is 4.64. The van der Waals surface area contributed by atoms with E-state index in [9.17, 15) is 0 Å². The quantitative estimate of drug-likeness (QED) is 0.644. The molecule has 74 valence electrons. The van der Waals surface area contributed by atoms with Gasteiger partial charge in [-0.2, -0.15) is 0 Å². The van der Waals surface area contributed by atoms with E-state index in [1.807, 2.05) is 19.1 Å². The van der Waals surface area contributed by atoms with Gasteiger partial charge in [-0.15, -0.1) is 0 Å². The minimum absolute atomic E-state index is 0.758. The van der Waals surface area contributed by atoms with E-state index in [1.54, 1.807) is 0 Å². The van der Waals surface area contributed by atoms with Crippen molar-refractivity contribution in [3.63, 3.8) is 0 Å². The average molecular weight is 295 g/mol. The SMILES string of the molecule is CCOCCNCc1ccc(I)o1. The Bertz CT molecular complexity index is 237. The van der Waals surface area contributed by atoms with E-state index >= 15 is 0 Å². The van der Waals surface area contributed by atoms with Gasteiger partial charge in [0.25, 0.3) is 0 Å². The molecule has 0 spiro atoms. The summed E-state index contributed by atoms with van der Waals surface area (Å²) in [6.45, 7) is 5.17. The van der Waals surface area contributed by atoms with Crippen LogP contribution in [0.1, 0.15) is 12.7 Å². The molecular formula is C9H14INO2. The van der Waals surface area contributed by atoms with Crippen molar-refractivity contribution in [1.82, 2.24) is 5.32 Å². The van der Waals surface area contributed by atoms with Gasteiger partial charge in [-0.25, -0.2) is 0 Å². The summed E-state index contributed by atoms with van der Waals surface area (Å²) in [5.41, 5.74) is 0. The number of hydrogen-bond acceptors (Lipinski definition) is 3. The van der Waals surface area contributed by atoms with E-state index in [2.05, 4.69) is 27.9 Å². The molecule has 0 amide bonds. The van der Waals surface area contributed by atoms with Crippen molar-refractivity contribution in [2.24, 2.45) is 0 Å². The lowest BCUT2D eigenvalue weighted by atomic mass is 10.4. The van der Waals surface area contributed by atoms with E-state index in [1.165, 1.54) is 0 Å². The highest BCUT2D eigenvalue weighted by molar-refractivity contribution is 14.1. The molecule has 0 saturated carbocycles. The molecule has 0 aliphatic heterocycles. The molecule has 0 fully saturated rings. The van der Waals surface area contributed by atoms with Crippen LogP contribution in [0.5, 0.6) is 0 Å². The maximum absolute atomic E-state index is 5.37. The van der Waals surface area contributed by atoms with Gasteiger partial charge in [0.2, 0.25) is 0 Å². The maximum Gasteiger partial charge on any atom is 0.164 e. The highest BCUT2D eigenvalue weighted by atomic mass is 127. The smallest absolute Gasteiger partial charge is 0.164 e. The second kappa shape index (κ2) is 6.39. The highest BCUT2D eigenvalue weighted by Gasteiger charge is 1.97. The summed E-state index contributed by atoms with van der Waals surface area (Å²) < 4.78 is 11.5. The predicted octanol–water partition coefficient (Wildman–Crippen LogP) is 2.01. The van der Waals surface area contributed by atoms with Gasteiger partial charge in [-0.3, -0.25) is 0 Å². The largest absolute Gasteiger partial charge is 0.454 e. The molecule has 0 bridgehead atoms. The fourth-order valence-corrected chi connectivity index (χ4v) is 1.41. The van der Waals surface area contributed by atoms with Crippen molar-refractivity contribution in [2.75, 3.05) is 19.8 Å². The minimum Gasteiger partial charge on any atom is -0.454 e. The van der Waals surface area contributed by atoms with Gasteiger partial charge >= 0.3 is 0 Å². The lowest BCUT2D eigenvalue weighted by molar-refractivity contribution is 0.148. The molecule has 0 aliphatic carbocycles. The van der Waals surface area contributed by atoms with Crippen LogP contribution in [0.3, 0.4) is 0 Å². The Morgan fingerprint density at radius 3 is 3.00 bits per heavy atom. The number of halogens is 1. The third-order valence-electron chi connectivity index (χ3n) is 1.56. The molecule has 1 aromatic heterocycles. The monoisotopic (exact) mass is 295 g/mol. The first-order valence-corrected chi connectivity index (χ1v) is 5.43. The molecule has 0 unspecified atom stereocenters. The first kappa shape index (κ1) is 11.0. The van der Waals surface area contributed by atoms with Crippen LogP contribution in [0, 0.1) is 3.77 Å². The minimum atomic E-state index is 0.758. The third-order valence-corrected chi connectivity index (χ3v) is 2.14. The Labute approximate surface area is 92.0 Å². The summed E-state index contributed by atoms with van der Waals surface area (Å²) in [6, 6.07) is 3.94. The molecule has 4 heteroatoms. The zero-order valence-corrected chi connectivity index (χ0v) is 9.84. The van der Waals surface area contributed by atoms with Crippen LogP contribution < -0.4 is 5.32 Å². The van der Waals surface area contributed by atoms with E-state index in [4.69, 9.17) is 9.15 Å². The standard InChI is InChI=1S/C9H14INO2/c1-2-12-6-5-11-7-8-3-4-9(10)13-8/h3-4,11H,2,5-7H2,1H3. The van der Waals surface area contributed by atoms with Crippen molar-refractivity contribution in [3.8, 4) is 0 Å². The molecule has 1 rings (SSSR count). The molecular weight excluding hydrogens is 281 g/mol. The van der Waals surface area contributed by atoms with Crippen molar-refractivity contribution in [3.05, 3.63) is 21.7 Å². The van der Waals surface area contributed by atoms with Crippen LogP contribution in [0.25, 0.3) is 0 Å². The van der Waals surface area contributed by atoms with Gasteiger partial charge in [0, 0.05) is 13.2 Å². The topological polar surface area (TPSA) is 34.4 Å². The van der Waals surface area contributed by atoms with Crippen molar-refractivity contribution in [2.45, 2.75) is 13.5 Å². The molecule has 1 heterocycles. The molecule has 1 aromatic rings. The number of nitrogens with one attached hydrogen (secondary N) is 1. The summed E-state index contributed by atoms with van der Waals surface area (Å²) in [5.74, 6) is 0.973. The van der Waals surface area contributed by atoms with Crippen LogP contribution in [-0.4, -0.2) is 19.8 Å². The van der Waals surface area contributed by atoms with E-state index in [0.717, 1.165) is 35.8 Å². The van der Waals surface area contributed by atoms with E-state index in [-0.39, 0.29) is 0 Å². The van der Waals surface area contributed by atoms with Gasteiger partial charge < -0.3 is 14.5 Å². The summed E-state index contributed by atoms with van der Waals surface area (Å²) in [5, 5.41) is 3.23. The van der Waals surface area contributed by atoms with Gasteiger partial charge in [0.05, 0.1) is 13.2 Å². The Hall–Kier alpha value is -0.0700. The number of ether oxygens (including phenoxy) is 1. The fraction of sp³-hybridized carbons (Fsp3) is 0.556. The molecule has 0 atom stereocenters. The highest BCUT2D eigenvalue weighted by Crippen LogP contribution is 2.09. The first-order chi connectivity index (χ1) is 6.33. The normalized spacial score (nSPS) is 10.6. The van der Waals surface area contributed by atoms with Gasteiger partial charge in [-0.1, -0.05) is 0 Å². The summed E-state index contributed by atoms with van der Waals surface area (Å²) in [7, 11) is 0. The van der Waals surface area contributed by atoms with E-state index in [0.29, 0.717) is 0 Å². The zero-order valence-electron chi connectivity index (χ0n) is 7.68. The van der Waals surface area contributed by atoms with Gasteiger partial charge in [0.1, 0.15) is 5.76 Å². The zero-order chi connectivity index (χ0) is 9.52. The lowest BCUT2D eigenvalue weighted by Crippen LogP contribution is -2.18. The Morgan fingerprint density at radius 2 is 2.38 bits per heavy atom. The molecule has 3 nitrogen and oxygen atoms in total. The molecule has 13 heavy (non-hydrogen) atoms. The van der Waals surface area contributed by atoms with Crippen LogP contribution in [-0.2, 0) is 11.3 Å². The first-order valence-electron chi connectivity index (χ1n) is 4.35. The average Bonchev–Trinajstić information content (AvgIpc) is 2.51. The van der Waals surface area contributed by atoms with Gasteiger partial charge in [-0.05, 0) is 41.6 Å². The Morgan fingerprint density at radius 1 is 1.54 bits per heavy atom. The Balaban J connectivity index is 2.06. The van der Waals surface area contributed by atoms with Crippen LogP contribution in [0.2, 0.25) is 0 Å². The molecule has 0 aliphatic rings. The molecule has 1 N–H and O–H groups in total. The van der Waals surface area contributed by atoms with Crippen LogP contribution >= 0.6 is 22.6 Å². The molecule has 0 radical (unpaired) electrons. The summed E-state index contributed by atoms with van der Waals surface area (Å²) >= 11 is 2.16. The van der Waals surface area contributed by atoms with Gasteiger partial charge in [0.15, 0.2) is 3.77 Å². The molecule has 0 aromatic carbocycles. The van der Waals surface area contributed by atoms with Crippen LogP contribution in [0.15, 0.2) is 16.5 Å². The Kier molecular flexibility index (Phi) is 5.41. The second-order valence-corrected chi connectivity index (χ2v) is 3.64. The van der Waals surface area contributed by atoms with E-state index < -0.39 is 0 Å². The maximum atomic E-state index is 5.37. The number of furan rings is 1. The van der Waals surface area contributed by atoms with Crippen LogP contribution in [0.4, 0.5) is 0 Å². The van der Waals surface area contributed by atoms with Crippen molar-refractivity contribution >= 4 is 22.6 Å². The molecule has 0 saturated heterocycles. The lowest BCUT2D eigenvalue weighted by Gasteiger charge is -2.01. The van der Waals surface area contributed by atoms with Crippen molar-refractivity contribution in [1.29, 1.82) is 0 Å². The summed E-state index contributed by atoms with van der Waals surface area (Å²) in [4.78, 5) is 0. The summed E-state index contributed by atoms with van der Waals surface area (Å²) in [6.07, 6.45) is 0. The number of rotatable bonds is 6. The van der Waals surface area contributed by atoms with Crippen molar-refractivity contribution < 1.29 is 9.15 Å².